The van der Waals surface area contributed by atoms with E-state index in [9.17, 15) is 0 Å². The van der Waals surface area contributed by atoms with E-state index in [2.05, 4.69) is 24.1 Å². The van der Waals surface area contributed by atoms with Gasteiger partial charge in [0.1, 0.15) is 11.8 Å². The van der Waals surface area contributed by atoms with Crippen LogP contribution in [0.5, 0.6) is 0 Å². The summed E-state index contributed by atoms with van der Waals surface area (Å²) in [5, 5.41) is 8.65. The molecule has 0 amide bonds. The minimum atomic E-state index is 0.624. The predicted octanol–water partition coefficient (Wildman–Crippen LogP) is 2.15. The van der Waals surface area contributed by atoms with E-state index in [1.165, 1.54) is 11.1 Å². The quantitative estimate of drug-likeness (QED) is 0.567. The highest BCUT2D eigenvalue weighted by atomic mass is 14.8. The molecule has 0 N–H and O–H groups in total. The Kier molecular flexibility index (Phi) is 1.44. The van der Waals surface area contributed by atoms with E-state index in [-0.39, 0.29) is 0 Å². The maximum absolute atomic E-state index is 8.65. The van der Waals surface area contributed by atoms with Crippen LogP contribution in [0.2, 0.25) is 0 Å². The topological polar surface area (TPSA) is 36.1 Å². The smallest absolute Gasteiger partial charge is 0.122 e. The van der Waals surface area contributed by atoms with Crippen molar-refractivity contribution in [1.82, 2.24) is 0 Å². The minimum Gasteiger partial charge on any atom is -0.242 e. The molecule has 0 spiro atoms. The Bertz CT molecular complexity index is 397. The summed E-state index contributed by atoms with van der Waals surface area (Å²) < 4.78 is 0. The average molecular weight is 156 g/mol. The maximum Gasteiger partial charge on any atom is 0.122 e. The molecule has 0 saturated heterocycles. The van der Waals surface area contributed by atoms with E-state index in [1.807, 2.05) is 12.1 Å². The Morgan fingerprint density at radius 3 is 3.00 bits per heavy atom. The zero-order chi connectivity index (χ0) is 8.55. The zero-order valence-electron chi connectivity index (χ0n) is 6.83. The SMILES string of the molecule is Cc1cccc2c1CC(C#N)=N2. The summed E-state index contributed by atoms with van der Waals surface area (Å²) in [6, 6.07) is 8.06. The van der Waals surface area contributed by atoms with E-state index in [0.29, 0.717) is 12.1 Å². The van der Waals surface area contributed by atoms with Gasteiger partial charge in [0, 0.05) is 6.42 Å². The molecule has 0 aliphatic carbocycles. The van der Waals surface area contributed by atoms with Crippen molar-refractivity contribution in [2.45, 2.75) is 13.3 Å². The molecule has 1 aromatic carbocycles. The van der Waals surface area contributed by atoms with Gasteiger partial charge in [-0.3, -0.25) is 0 Å². The van der Waals surface area contributed by atoms with Crippen molar-refractivity contribution in [3.63, 3.8) is 0 Å². The van der Waals surface area contributed by atoms with Crippen molar-refractivity contribution in [3.8, 4) is 6.07 Å². The highest BCUT2D eigenvalue weighted by Gasteiger charge is 2.14. The van der Waals surface area contributed by atoms with Crippen LogP contribution in [0, 0.1) is 18.3 Å². The first-order chi connectivity index (χ1) is 5.81. The number of nitrogens with zero attached hydrogens (tertiary/aromatic N) is 2. The summed E-state index contributed by atoms with van der Waals surface area (Å²) >= 11 is 0. The number of fused-ring (bicyclic) bond motifs is 1. The molecular weight excluding hydrogens is 148 g/mol. The first kappa shape index (κ1) is 7.05. The van der Waals surface area contributed by atoms with Crippen molar-refractivity contribution < 1.29 is 0 Å². The monoisotopic (exact) mass is 156 g/mol. The van der Waals surface area contributed by atoms with E-state index in [4.69, 9.17) is 5.26 Å². The van der Waals surface area contributed by atoms with Gasteiger partial charge in [-0.05, 0) is 24.1 Å². The molecule has 1 heterocycles. The lowest BCUT2D eigenvalue weighted by Crippen LogP contribution is -1.93. The van der Waals surface area contributed by atoms with Gasteiger partial charge in [0.05, 0.1) is 5.69 Å². The molecule has 0 saturated carbocycles. The largest absolute Gasteiger partial charge is 0.242 e. The van der Waals surface area contributed by atoms with Gasteiger partial charge in [-0.25, -0.2) is 4.99 Å². The molecule has 2 heteroatoms. The molecule has 58 valence electrons. The Labute approximate surface area is 71.2 Å². The number of aryl methyl sites for hydroxylation is 1. The molecule has 2 nitrogen and oxygen atoms in total. The fraction of sp³-hybridized carbons (Fsp3) is 0.200. The molecular formula is C10H8N2. The van der Waals surface area contributed by atoms with Crippen molar-refractivity contribution in [2.24, 2.45) is 4.99 Å². The number of benzene rings is 1. The summed E-state index contributed by atoms with van der Waals surface area (Å²) in [6.07, 6.45) is 0.707. The van der Waals surface area contributed by atoms with Crippen LogP contribution in [0.15, 0.2) is 23.2 Å². The fourth-order valence-electron chi connectivity index (χ4n) is 1.44. The minimum absolute atomic E-state index is 0.624. The zero-order valence-corrected chi connectivity index (χ0v) is 6.83. The van der Waals surface area contributed by atoms with Crippen LogP contribution in [0.1, 0.15) is 11.1 Å². The molecule has 0 atom stereocenters. The lowest BCUT2D eigenvalue weighted by atomic mass is 10.0. The third kappa shape index (κ3) is 0.911. The number of hydrogen-bond donors (Lipinski definition) is 0. The second-order valence-electron chi connectivity index (χ2n) is 2.92. The summed E-state index contributed by atoms with van der Waals surface area (Å²) in [5.41, 5.74) is 4.02. The summed E-state index contributed by atoms with van der Waals surface area (Å²) in [6.45, 7) is 2.05. The van der Waals surface area contributed by atoms with Crippen LogP contribution in [-0.2, 0) is 6.42 Å². The molecule has 0 aromatic heterocycles. The first-order valence-electron chi connectivity index (χ1n) is 3.87. The van der Waals surface area contributed by atoms with Gasteiger partial charge in [0.15, 0.2) is 0 Å². The summed E-state index contributed by atoms with van der Waals surface area (Å²) in [4.78, 5) is 4.19. The van der Waals surface area contributed by atoms with Gasteiger partial charge in [0.2, 0.25) is 0 Å². The second kappa shape index (κ2) is 2.46. The van der Waals surface area contributed by atoms with Gasteiger partial charge < -0.3 is 0 Å². The van der Waals surface area contributed by atoms with Gasteiger partial charge in [-0.1, -0.05) is 12.1 Å². The van der Waals surface area contributed by atoms with Crippen LogP contribution < -0.4 is 0 Å². The van der Waals surface area contributed by atoms with E-state index >= 15 is 0 Å². The fourth-order valence-corrected chi connectivity index (χ4v) is 1.44. The molecule has 1 aliphatic rings. The summed E-state index contributed by atoms with van der Waals surface area (Å²) in [5.74, 6) is 0. The Morgan fingerprint density at radius 2 is 2.33 bits per heavy atom. The molecule has 12 heavy (non-hydrogen) atoms. The predicted molar refractivity (Wildman–Crippen MR) is 47.6 cm³/mol. The van der Waals surface area contributed by atoms with Crippen LogP contribution in [0.3, 0.4) is 0 Å². The van der Waals surface area contributed by atoms with Crippen LogP contribution in [-0.4, -0.2) is 5.71 Å². The molecule has 1 aliphatic heterocycles. The van der Waals surface area contributed by atoms with Crippen LogP contribution >= 0.6 is 0 Å². The lowest BCUT2D eigenvalue weighted by Gasteiger charge is -1.99. The van der Waals surface area contributed by atoms with Crippen molar-refractivity contribution in [3.05, 3.63) is 29.3 Å². The van der Waals surface area contributed by atoms with Gasteiger partial charge in [-0.2, -0.15) is 5.26 Å². The van der Waals surface area contributed by atoms with Crippen molar-refractivity contribution >= 4 is 11.4 Å². The maximum atomic E-state index is 8.65. The second-order valence-corrected chi connectivity index (χ2v) is 2.92. The van der Waals surface area contributed by atoms with Crippen molar-refractivity contribution in [2.75, 3.05) is 0 Å². The Morgan fingerprint density at radius 1 is 1.50 bits per heavy atom. The number of hydrogen-bond acceptors (Lipinski definition) is 2. The first-order valence-corrected chi connectivity index (χ1v) is 3.87. The Balaban J connectivity index is 2.54. The average Bonchev–Trinajstić information content (AvgIpc) is 2.49. The molecule has 2 rings (SSSR count). The lowest BCUT2D eigenvalue weighted by molar-refractivity contribution is 1.30. The molecule has 0 unspecified atom stereocenters. The summed E-state index contributed by atoms with van der Waals surface area (Å²) in [7, 11) is 0. The Hall–Kier alpha value is -1.62. The molecule has 0 fully saturated rings. The van der Waals surface area contributed by atoms with E-state index in [0.717, 1.165) is 5.69 Å². The number of rotatable bonds is 0. The van der Waals surface area contributed by atoms with Crippen LogP contribution in [0.4, 0.5) is 5.69 Å². The molecule has 1 aromatic rings. The number of nitriles is 1. The van der Waals surface area contributed by atoms with Crippen LogP contribution in [0.25, 0.3) is 0 Å². The number of aliphatic imine (C=N–C) groups is 1. The standard InChI is InChI=1S/C10H8N2/c1-7-3-2-4-10-9(7)5-8(6-11)12-10/h2-4H,5H2,1H3. The van der Waals surface area contributed by atoms with E-state index in [1.54, 1.807) is 0 Å². The molecule has 0 radical (unpaired) electrons. The highest BCUT2D eigenvalue weighted by molar-refractivity contribution is 6.05. The normalized spacial score (nSPS) is 13.5. The third-order valence-corrected chi connectivity index (χ3v) is 2.11. The molecule has 0 bridgehead atoms. The highest BCUT2D eigenvalue weighted by Crippen LogP contribution is 2.28. The van der Waals surface area contributed by atoms with Gasteiger partial charge >= 0.3 is 0 Å². The van der Waals surface area contributed by atoms with Gasteiger partial charge in [0.25, 0.3) is 0 Å². The van der Waals surface area contributed by atoms with Crippen molar-refractivity contribution in [1.29, 1.82) is 5.26 Å². The van der Waals surface area contributed by atoms with Gasteiger partial charge in [-0.15, -0.1) is 0 Å². The third-order valence-electron chi connectivity index (χ3n) is 2.11. The van der Waals surface area contributed by atoms with E-state index < -0.39 is 0 Å².